The Morgan fingerprint density at radius 2 is 1.79 bits per heavy atom. The molecule has 1 saturated heterocycles. The van der Waals surface area contributed by atoms with Crippen molar-refractivity contribution in [1.82, 2.24) is 19.8 Å². The lowest BCUT2D eigenvalue weighted by molar-refractivity contribution is 0.232. The summed E-state index contributed by atoms with van der Waals surface area (Å²) >= 11 is 1.36. The molecule has 0 unspecified atom stereocenters. The molecule has 0 radical (unpaired) electrons. The lowest BCUT2D eigenvalue weighted by Crippen LogP contribution is -2.43. The van der Waals surface area contributed by atoms with E-state index in [9.17, 15) is 8.42 Å². The Hall–Kier alpha value is -0.430. The predicted octanol–water partition coefficient (Wildman–Crippen LogP) is 2.59. The summed E-state index contributed by atoms with van der Waals surface area (Å²) in [5.74, 6) is 0.796. The molecule has 0 aromatic carbocycles. The van der Waals surface area contributed by atoms with Gasteiger partial charge in [0.25, 0.3) is 10.0 Å². The third kappa shape index (κ3) is 8.31. The molecule has 0 atom stereocenters. The van der Waals surface area contributed by atoms with Gasteiger partial charge in [-0.2, -0.15) is 4.31 Å². The second kappa shape index (κ2) is 13.8. The van der Waals surface area contributed by atoms with Crippen molar-refractivity contribution >= 4 is 51.3 Å². The largest absolute Gasteiger partial charge is 0.356 e. The highest BCUT2D eigenvalue weighted by Gasteiger charge is 2.23. The van der Waals surface area contributed by atoms with Crippen LogP contribution in [0, 0.1) is 0 Å². The number of sulfonamides is 1. The quantitative estimate of drug-likeness (QED) is 0.263. The van der Waals surface area contributed by atoms with E-state index >= 15 is 0 Å². The van der Waals surface area contributed by atoms with Gasteiger partial charge in [0.1, 0.15) is 4.21 Å². The molecule has 29 heavy (non-hydrogen) atoms. The molecule has 7 nitrogen and oxygen atoms in total. The topological polar surface area (TPSA) is 77.0 Å². The van der Waals surface area contributed by atoms with Gasteiger partial charge in [-0.05, 0) is 44.5 Å². The number of thiophene rings is 1. The van der Waals surface area contributed by atoms with E-state index in [4.69, 9.17) is 0 Å². The Morgan fingerprint density at radius 1 is 1.14 bits per heavy atom. The highest BCUT2D eigenvalue weighted by Crippen LogP contribution is 2.25. The monoisotopic (exact) mass is 557 g/mol. The van der Waals surface area contributed by atoms with Gasteiger partial charge in [0.15, 0.2) is 5.96 Å². The molecule has 1 fully saturated rings. The molecule has 2 heterocycles. The zero-order valence-corrected chi connectivity index (χ0v) is 21.8. The van der Waals surface area contributed by atoms with Crippen LogP contribution in [-0.4, -0.2) is 76.4 Å². The van der Waals surface area contributed by atoms with Gasteiger partial charge in [-0.1, -0.05) is 20.3 Å². The number of hydrogen-bond donors (Lipinski definition) is 2. The fourth-order valence-electron chi connectivity index (χ4n) is 3.36. The van der Waals surface area contributed by atoms with Crippen LogP contribution in [0.4, 0.5) is 0 Å². The van der Waals surface area contributed by atoms with E-state index in [0.29, 0.717) is 23.8 Å². The molecular weight excluding hydrogens is 521 g/mol. The van der Waals surface area contributed by atoms with Crippen LogP contribution in [0.1, 0.15) is 38.0 Å². The molecule has 0 bridgehead atoms. The van der Waals surface area contributed by atoms with E-state index in [1.807, 2.05) is 19.9 Å². The van der Waals surface area contributed by atoms with Crippen LogP contribution >= 0.6 is 35.3 Å². The van der Waals surface area contributed by atoms with E-state index < -0.39 is 10.0 Å². The maximum atomic E-state index is 12.6. The second-order valence-corrected chi connectivity index (χ2v) is 10.2. The molecule has 10 heteroatoms. The minimum atomic E-state index is -3.36. The Morgan fingerprint density at radius 3 is 2.41 bits per heavy atom. The highest BCUT2D eigenvalue weighted by atomic mass is 127. The first kappa shape index (κ1) is 26.6. The van der Waals surface area contributed by atoms with Crippen molar-refractivity contribution in [3.8, 4) is 0 Å². The molecule has 1 aliphatic rings. The Kier molecular flexibility index (Phi) is 12.7. The van der Waals surface area contributed by atoms with E-state index in [2.05, 4.69) is 20.5 Å². The maximum Gasteiger partial charge on any atom is 0.252 e. The number of hydrogen-bond acceptors (Lipinski definition) is 5. The first-order valence-corrected chi connectivity index (χ1v) is 12.5. The number of guanidine groups is 1. The van der Waals surface area contributed by atoms with Crippen LogP contribution in [-0.2, 0) is 16.4 Å². The Bertz CT molecular complexity index is 714. The summed E-state index contributed by atoms with van der Waals surface area (Å²) in [7, 11) is -1.58. The fourth-order valence-corrected chi connectivity index (χ4v) is 6.33. The third-order valence-corrected chi connectivity index (χ3v) is 8.66. The van der Waals surface area contributed by atoms with Crippen molar-refractivity contribution in [2.45, 2.75) is 43.7 Å². The van der Waals surface area contributed by atoms with Gasteiger partial charge in [0.2, 0.25) is 0 Å². The first-order valence-electron chi connectivity index (χ1n) is 10.3. The first-order chi connectivity index (χ1) is 13.5. The summed E-state index contributed by atoms with van der Waals surface area (Å²) < 4.78 is 27.1. The molecular formula is C19H36IN5O2S2. The molecule has 0 amide bonds. The van der Waals surface area contributed by atoms with Gasteiger partial charge >= 0.3 is 0 Å². The normalized spacial score (nSPS) is 15.9. The summed E-state index contributed by atoms with van der Waals surface area (Å²) in [5.41, 5.74) is 0. The van der Waals surface area contributed by atoms with Crippen molar-refractivity contribution < 1.29 is 8.42 Å². The van der Waals surface area contributed by atoms with Crippen molar-refractivity contribution in [3.63, 3.8) is 0 Å². The molecule has 168 valence electrons. The maximum absolute atomic E-state index is 12.6. The van der Waals surface area contributed by atoms with Gasteiger partial charge in [-0.15, -0.1) is 35.3 Å². The molecule has 0 saturated carbocycles. The molecule has 1 aromatic heterocycles. The SMILES string of the molecule is CCN(CC)S(=O)(=O)c1ccc(CCNC(=NC)NCCN2CCCCC2)s1.I. The van der Waals surface area contributed by atoms with E-state index in [1.54, 1.807) is 13.1 Å². The average Bonchev–Trinajstić information content (AvgIpc) is 3.18. The molecule has 0 spiro atoms. The van der Waals surface area contributed by atoms with Gasteiger partial charge in [-0.3, -0.25) is 4.99 Å². The van der Waals surface area contributed by atoms with E-state index in [-0.39, 0.29) is 24.0 Å². The van der Waals surface area contributed by atoms with E-state index in [0.717, 1.165) is 30.3 Å². The van der Waals surface area contributed by atoms with Crippen molar-refractivity contribution in [3.05, 3.63) is 17.0 Å². The van der Waals surface area contributed by atoms with Crippen LogP contribution in [0.15, 0.2) is 21.3 Å². The van der Waals surface area contributed by atoms with Crippen molar-refractivity contribution in [2.24, 2.45) is 4.99 Å². The van der Waals surface area contributed by atoms with Crippen molar-refractivity contribution in [2.75, 3.05) is 52.9 Å². The summed E-state index contributed by atoms with van der Waals surface area (Å²) in [6.45, 7) is 9.75. The highest BCUT2D eigenvalue weighted by molar-refractivity contribution is 14.0. The number of nitrogens with zero attached hydrogens (tertiary/aromatic N) is 3. The average molecular weight is 558 g/mol. The van der Waals surface area contributed by atoms with Gasteiger partial charge in [-0.25, -0.2) is 8.42 Å². The molecule has 0 aliphatic carbocycles. The minimum Gasteiger partial charge on any atom is -0.356 e. The fraction of sp³-hybridized carbons (Fsp3) is 0.737. The Balaban J connectivity index is 0.00000420. The lowest BCUT2D eigenvalue weighted by Gasteiger charge is -2.26. The summed E-state index contributed by atoms with van der Waals surface area (Å²) in [4.78, 5) is 7.82. The molecule has 1 aliphatic heterocycles. The van der Waals surface area contributed by atoms with Crippen LogP contribution in [0.2, 0.25) is 0 Å². The molecule has 2 N–H and O–H groups in total. The molecule has 2 rings (SSSR count). The van der Waals surface area contributed by atoms with Crippen LogP contribution in [0.25, 0.3) is 0 Å². The smallest absolute Gasteiger partial charge is 0.252 e. The summed E-state index contributed by atoms with van der Waals surface area (Å²) in [6, 6.07) is 3.63. The molecule has 1 aromatic rings. The second-order valence-electron chi connectivity index (χ2n) is 6.89. The zero-order chi connectivity index (χ0) is 20.4. The van der Waals surface area contributed by atoms with Gasteiger partial charge < -0.3 is 15.5 Å². The predicted molar refractivity (Wildman–Crippen MR) is 133 cm³/mol. The summed E-state index contributed by atoms with van der Waals surface area (Å²) in [5, 5.41) is 6.68. The zero-order valence-electron chi connectivity index (χ0n) is 17.8. The minimum absolute atomic E-state index is 0. The standard InChI is InChI=1S/C19H35N5O2S2.HI/c1-4-24(5-2)28(25,26)18-10-9-17(27-18)11-12-21-19(20-3)22-13-16-23-14-7-6-8-15-23;/h9-10H,4-8,11-16H2,1-3H3,(H2,20,21,22);1H. The number of aliphatic imine (C=N–C) groups is 1. The number of piperidine rings is 1. The number of rotatable bonds is 10. The van der Waals surface area contributed by atoms with Gasteiger partial charge in [0.05, 0.1) is 0 Å². The van der Waals surface area contributed by atoms with Crippen molar-refractivity contribution in [1.29, 1.82) is 0 Å². The van der Waals surface area contributed by atoms with Crippen LogP contribution in [0.3, 0.4) is 0 Å². The van der Waals surface area contributed by atoms with Crippen LogP contribution < -0.4 is 10.6 Å². The number of likely N-dealkylation sites (tertiary alicyclic amines) is 1. The number of halogens is 1. The van der Waals surface area contributed by atoms with Gasteiger partial charge in [0, 0.05) is 44.6 Å². The number of nitrogens with one attached hydrogen (secondary N) is 2. The van der Waals surface area contributed by atoms with E-state index in [1.165, 1.54) is 48.0 Å². The third-order valence-electron chi connectivity index (χ3n) is 4.99. The summed E-state index contributed by atoms with van der Waals surface area (Å²) in [6.07, 6.45) is 4.73. The van der Waals surface area contributed by atoms with Crippen LogP contribution in [0.5, 0.6) is 0 Å². The lowest BCUT2D eigenvalue weighted by atomic mass is 10.1. The Labute approximate surface area is 197 Å².